The van der Waals surface area contributed by atoms with E-state index in [-0.39, 0.29) is 38.6 Å². The van der Waals surface area contributed by atoms with Crippen LogP contribution < -0.4 is 29.3 Å². The van der Waals surface area contributed by atoms with E-state index in [1.54, 1.807) is 21.1 Å². The minimum atomic E-state index is -0.613. The molecule has 0 atom stereocenters. The molecule has 0 spiro atoms. The molecule has 34 heavy (non-hydrogen) atoms. The molecule has 0 bridgehead atoms. The summed E-state index contributed by atoms with van der Waals surface area (Å²) >= 11 is 0. The van der Waals surface area contributed by atoms with E-state index in [0.29, 0.717) is 52.7 Å². The molecule has 194 valence electrons. The molecule has 0 heterocycles. The number of amides is 2. The summed E-state index contributed by atoms with van der Waals surface area (Å²) in [7, 11) is 6.11. The Morgan fingerprint density at radius 3 is 1.44 bits per heavy atom. The van der Waals surface area contributed by atoms with Crippen LogP contribution in [0.4, 0.5) is 0 Å². The Morgan fingerprint density at radius 2 is 1.09 bits per heavy atom. The van der Waals surface area contributed by atoms with Crippen molar-refractivity contribution in [2.75, 3.05) is 101 Å². The van der Waals surface area contributed by atoms with Crippen LogP contribution in [0.3, 0.4) is 0 Å². The van der Waals surface area contributed by atoms with Crippen LogP contribution >= 0.6 is 0 Å². The molecule has 0 unspecified atom stereocenters. The van der Waals surface area contributed by atoms with Crippen molar-refractivity contribution in [2.24, 2.45) is 0 Å². The zero-order chi connectivity index (χ0) is 25.1. The standard InChI is InChI=1S/C21H42N4O8.Li/c1-6-10-30-14-15-32-12-8-24(4)20(28)21(29)25(5)9-13-33-17-16-31-11-7-23(3)19(27)18(26)22-2;/h22,26-27H,6-17H2,1-5H3;/q;+1/p-1/b19-18+;. The van der Waals surface area contributed by atoms with Crippen LogP contribution in [0.25, 0.3) is 0 Å². The Balaban J connectivity index is 0. The Labute approximate surface area is 215 Å². The zero-order valence-electron chi connectivity index (χ0n) is 21.6. The molecule has 0 aliphatic rings. The molecule has 13 heteroatoms. The number of nitrogens with one attached hydrogen (secondary N) is 1. The van der Waals surface area contributed by atoms with Crippen molar-refractivity contribution in [3.05, 3.63) is 11.8 Å². The van der Waals surface area contributed by atoms with Crippen molar-refractivity contribution in [1.82, 2.24) is 20.0 Å². The maximum absolute atomic E-state index is 12.2. The quantitative estimate of drug-likeness (QED) is 0.0800. The second kappa shape index (κ2) is 21.8. The molecule has 2 N–H and O–H groups in total. The first-order chi connectivity index (χ1) is 15.8. The fourth-order valence-corrected chi connectivity index (χ4v) is 2.31. The van der Waals surface area contributed by atoms with Crippen LogP contribution in [-0.4, -0.2) is 132 Å². The van der Waals surface area contributed by atoms with Gasteiger partial charge in [0.25, 0.3) is 0 Å². The van der Waals surface area contributed by atoms with E-state index in [1.807, 2.05) is 6.92 Å². The summed E-state index contributed by atoms with van der Waals surface area (Å²) in [6.45, 7) is 6.07. The number of likely N-dealkylation sites (N-methyl/N-ethyl adjacent to an activating group) is 3. The number of carbonyl (C=O) groups is 2. The first-order valence-electron chi connectivity index (χ1n) is 11.1. The number of ether oxygens (including phenoxy) is 4. The van der Waals surface area contributed by atoms with Crippen molar-refractivity contribution in [2.45, 2.75) is 13.3 Å². The van der Waals surface area contributed by atoms with E-state index in [0.717, 1.165) is 6.42 Å². The number of aliphatic hydroxyl groups is 1. The number of aliphatic hydroxyl groups excluding tert-OH is 1. The van der Waals surface area contributed by atoms with Crippen molar-refractivity contribution >= 4 is 11.8 Å². The van der Waals surface area contributed by atoms with Gasteiger partial charge in [-0.1, -0.05) is 6.92 Å². The normalized spacial score (nSPS) is 11.3. The predicted octanol–water partition coefficient (Wildman–Crippen LogP) is -4.42. The average Bonchev–Trinajstić information content (AvgIpc) is 2.82. The van der Waals surface area contributed by atoms with Crippen LogP contribution in [-0.2, 0) is 28.5 Å². The van der Waals surface area contributed by atoms with Gasteiger partial charge in [-0.15, -0.1) is 0 Å². The third kappa shape index (κ3) is 16.0. The minimum absolute atomic E-state index is 0. The largest absolute Gasteiger partial charge is 1.00 e. The van der Waals surface area contributed by atoms with Gasteiger partial charge in [-0.3, -0.25) is 9.59 Å². The van der Waals surface area contributed by atoms with Gasteiger partial charge < -0.3 is 49.2 Å². The van der Waals surface area contributed by atoms with Gasteiger partial charge in [-0.05, 0) is 6.42 Å². The molecule has 12 nitrogen and oxygen atoms in total. The molecule has 0 rings (SSSR count). The maximum atomic E-state index is 12.2. The SMILES string of the molecule is CCCOCCOCCN(C)C(=O)C(=O)N(C)CCOCCOCCN(C)/C([O-])=C(\O)NC.[Li+]. The third-order valence-corrected chi connectivity index (χ3v) is 4.47. The number of hydrogen-bond acceptors (Lipinski definition) is 10. The summed E-state index contributed by atoms with van der Waals surface area (Å²) in [5.74, 6) is -2.16. The monoisotopic (exact) mass is 484 g/mol. The molecular weight excluding hydrogens is 443 g/mol. The molecule has 0 aromatic rings. The van der Waals surface area contributed by atoms with Gasteiger partial charge in [0.1, 0.15) is 0 Å². The van der Waals surface area contributed by atoms with E-state index < -0.39 is 23.6 Å². The fraction of sp³-hybridized carbons (Fsp3) is 0.810. The van der Waals surface area contributed by atoms with Gasteiger partial charge >= 0.3 is 30.7 Å². The molecule has 0 aromatic carbocycles. The zero-order valence-corrected chi connectivity index (χ0v) is 21.6. The molecule has 0 fully saturated rings. The molecular formula is C21H41LiN4O8. The fourth-order valence-electron chi connectivity index (χ4n) is 2.31. The second-order valence-electron chi connectivity index (χ2n) is 7.23. The summed E-state index contributed by atoms with van der Waals surface area (Å²) in [4.78, 5) is 28.4. The van der Waals surface area contributed by atoms with Gasteiger partial charge in [0.05, 0.1) is 46.2 Å². The van der Waals surface area contributed by atoms with E-state index in [9.17, 15) is 19.8 Å². The van der Waals surface area contributed by atoms with Crippen LogP contribution in [0, 0.1) is 0 Å². The first-order valence-corrected chi connectivity index (χ1v) is 11.1. The van der Waals surface area contributed by atoms with Crippen molar-refractivity contribution in [3.63, 3.8) is 0 Å². The van der Waals surface area contributed by atoms with Gasteiger partial charge in [0.2, 0.25) is 0 Å². The Morgan fingerprint density at radius 1 is 0.735 bits per heavy atom. The topological polar surface area (TPSA) is 136 Å². The average molecular weight is 485 g/mol. The number of rotatable bonds is 19. The number of nitrogens with zero attached hydrogens (tertiary/aromatic N) is 3. The van der Waals surface area contributed by atoms with Crippen LogP contribution in [0.15, 0.2) is 11.8 Å². The summed E-state index contributed by atoms with van der Waals surface area (Å²) in [5, 5.41) is 23.3. The predicted molar refractivity (Wildman–Crippen MR) is 120 cm³/mol. The summed E-state index contributed by atoms with van der Waals surface area (Å²) in [6, 6.07) is 0. The van der Waals surface area contributed by atoms with Gasteiger partial charge in [-0.25, -0.2) is 0 Å². The molecule has 0 aliphatic carbocycles. The van der Waals surface area contributed by atoms with Gasteiger partial charge in [0, 0.05) is 60.3 Å². The van der Waals surface area contributed by atoms with Gasteiger partial charge in [-0.2, -0.15) is 0 Å². The summed E-state index contributed by atoms with van der Waals surface area (Å²) in [5.41, 5.74) is 0. The molecule has 2 amide bonds. The maximum Gasteiger partial charge on any atom is 1.00 e. The van der Waals surface area contributed by atoms with E-state index >= 15 is 0 Å². The van der Waals surface area contributed by atoms with Crippen molar-refractivity contribution in [1.29, 1.82) is 0 Å². The molecule has 0 saturated heterocycles. The first kappa shape index (κ1) is 34.5. The van der Waals surface area contributed by atoms with Crippen molar-refractivity contribution in [3.8, 4) is 0 Å². The Kier molecular flexibility index (Phi) is 22.1. The smallest absolute Gasteiger partial charge is 0.857 e. The molecule has 0 aromatic heterocycles. The summed E-state index contributed by atoms with van der Waals surface area (Å²) in [6.07, 6.45) is 0.954. The van der Waals surface area contributed by atoms with Crippen LogP contribution in [0.5, 0.6) is 0 Å². The third-order valence-electron chi connectivity index (χ3n) is 4.47. The summed E-state index contributed by atoms with van der Waals surface area (Å²) < 4.78 is 21.5. The number of hydrogen-bond donors (Lipinski definition) is 2. The minimum Gasteiger partial charge on any atom is -0.857 e. The molecule has 0 radical (unpaired) electrons. The van der Waals surface area contributed by atoms with Crippen LogP contribution in [0.2, 0.25) is 0 Å². The van der Waals surface area contributed by atoms with Crippen LogP contribution in [0.1, 0.15) is 13.3 Å². The number of carbonyl (C=O) groups excluding carboxylic acids is 2. The van der Waals surface area contributed by atoms with E-state index in [4.69, 9.17) is 18.9 Å². The van der Waals surface area contributed by atoms with Crippen molar-refractivity contribution < 1.29 is 57.6 Å². The Hall–Kier alpha value is -1.68. The Bertz CT molecular complexity index is 583. The second-order valence-corrected chi connectivity index (χ2v) is 7.23. The van der Waals surface area contributed by atoms with E-state index in [2.05, 4.69) is 5.32 Å². The van der Waals surface area contributed by atoms with Gasteiger partial charge in [0.15, 0.2) is 5.88 Å². The molecule has 0 saturated carbocycles. The van der Waals surface area contributed by atoms with E-state index in [1.165, 1.54) is 21.7 Å². The molecule has 0 aliphatic heterocycles.